The zero-order valence-corrected chi connectivity index (χ0v) is 17.9. The number of amides is 1. The lowest BCUT2D eigenvalue weighted by Crippen LogP contribution is -2.09. The second-order valence-electron chi connectivity index (χ2n) is 6.70. The van der Waals surface area contributed by atoms with E-state index in [9.17, 15) is 4.79 Å². The molecule has 1 N–H and O–H groups in total. The third-order valence-electron chi connectivity index (χ3n) is 4.79. The lowest BCUT2D eigenvalue weighted by atomic mass is 10.0. The Morgan fingerprint density at radius 3 is 2.13 bits per heavy atom. The highest BCUT2D eigenvalue weighted by Crippen LogP contribution is 2.40. The predicted molar refractivity (Wildman–Crippen MR) is 116 cm³/mol. The molecule has 0 aliphatic heterocycles. The third-order valence-corrected chi connectivity index (χ3v) is 4.79. The first-order valence-electron chi connectivity index (χ1n) is 9.27. The minimum atomic E-state index is -0.298. The van der Waals surface area contributed by atoms with Gasteiger partial charge in [-0.1, -0.05) is 0 Å². The maximum absolute atomic E-state index is 12.7. The molecule has 0 unspecified atom stereocenters. The molecule has 1 amide bonds. The average Bonchev–Trinajstić information content (AvgIpc) is 3.11. The highest BCUT2D eigenvalue weighted by molar-refractivity contribution is 6.05. The van der Waals surface area contributed by atoms with Gasteiger partial charge in [0, 0.05) is 40.9 Å². The summed E-state index contributed by atoms with van der Waals surface area (Å²) in [6.07, 6.45) is 3.21. The van der Waals surface area contributed by atoms with Gasteiger partial charge in [0.1, 0.15) is 11.3 Å². The van der Waals surface area contributed by atoms with Crippen molar-refractivity contribution in [3.63, 3.8) is 0 Å². The first-order chi connectivity index (χ1) is 14.4. The summed E-state index contributed by atoms with van der Waals surface area (Å²) in [4.78, 5) is 12.7. The number of carbonyl (C=O) groups is 1. The summed E-state index contributed by atoms with van der Waals surface area (Å²) in [5.74, 6) is 1.70. The van der Waals surface area contributed by atoms with Crippen LogP contribution in [0.1, 0.15) is 18.1 Å². The summed E-state index contributed by atoms with van der Waals surface area (Å²) < 4.78 is 27.0. The van der Waals surface area contributed by atoms with Gasteiger partial charge in [-0.25, -0.2) is 0 Å². The second-order valence-corrected chi connectivity index (χ2v) is 6.70. The molecule has 7 nitrogen and oxygen atoms in total. The number of benzene rings is 2. The molecule has 0 saturated carbocycles. The van der Waals surface area contributed by atoms with Crippen molar-refractivity contribution in [2.75, 3.05) is 33.8 Å². The minimum Gasteiger partial charge on any atom is -0.496 e. The van der Waals surface area contributed by atoms with Crippen molar-refractivity contribution < 1.29 is 28.2 Å². The number of anilines is 1. The number of nitrogens with one attached hydrogen (secondary N) is 1. The third kappa shape index (κ3) is 4.05. The van der Waals surface area contributed by atoms with Crippen molar-refractivity contribution in [3.8, 4) is 23.0 Å². The van der Waals surface area contributed by atoms with Gasteiger partial charge in [0.15, 0.2) is 11.5 Å². The van der Waals surface area contributed by atoms with Gasteiger partial charge in [-0.15, -0.1) is 0 Å². The van der Waals surface area contributed by atoms with Crippen LogP contribution in [-0.4, -0.2) is 34.3 Å². The Bertz CT molecular complexity index is 1090. The van der Waals surface area contributed by atoms with Crippen molar-refractivity contribution in [1.29, 1.82) is 0 Å². The van der Waals surface area contributed by atoms with E-state index in [2.05, 4.69) is 5.32 Å². The molecule has 30 heavy (non-hydrogen) atoms. The SMILES string of the molecule is COc1cc2occ(C)c2cc1/C(C)=C/C(=O)Nc1cc(OC)c(OC)c(OC)c1. The van der Waals surface area contributed by atoms with Gasteiger partial charge in [-0.05, 0) is 31.1 Å². The number of fused-ring (bicyclic) bond motifs is 1. The predicted octanol–water partition coefficient (Wildman–Crippen LogP) is 4.82. The van der Waals surface area contributed by atoms with Gasteiger partial charge in [0.25, 0.3) is 0 Å². The molecule has 0 aliphatic carbocycles. The number of rotatable bonds is 7. The molecular weight excluding hydrogens is 386 g/mol. The van der Waals surface area contributed by atoms with Crippen LogP contribution in [0.5, 0.6) is 23.0 Å². The topological polar surface area (TPSA) is 79.2 Å². The van der Waals surface area contributed by atoms with Gasteiger partial charge in [0.05, 0.1) is 34.7 Å². The maximum Gasteiger partial charge on any atom is 0.248 e. The molecule has 0 atom stereocenters. The molecule has 3 rings (SSSR count). The fourth-order valence-corrected chi connectivity index (χ4v) is 3.27. The molecule has 0 spiro atoms. The standard InChI is InChI=1S/C23H25NO6/c1-13(16-10-17-14(2)12-30-19(17)11-18(16)26-3)7-22(25)24-15-8-20(27-4)23(29-6)21(9-15)28-5/h7-12H,1-6H3,(H,24,25)/b13-7+. The molecule has 1 heterocycles. The fraction of sp³-hybridized carbons (Fsp3) is 0.261. The fourth-order valence-electron chi connectivity index (χ4n) is 3.27. The summed E-state index contributed by atoms with van der Waals surface area (Å²) in [6, 6.07) is 7.13. The van der Waals surface area contributed by atoms with Gasteiger partial charge < -0.3 is 28.7 Å². The molecule has 2 aromatic carbocycles. The van der Waals surface area contributed by atoms with E-state index >= 15 is 0 Å². The number of methoxy groups -OCH3 is 4. The maximum atomic E-state index is 12.7. The first-order valence-corrected chi connectivity index (χ1v) is 9.27. The number of aryl methyl sites for hydroxylation is 1. The Kier molecular flexibility index (Phi) is 6.20. The van der Waals surface area contributed by atoms with Crippen LogP contribution in [-0.2, 0) is 4.79 Å². The number of hydrogen-bond donors (Lipinski definition) is 1. The van der Waals surface area contributed by atoms with Crippen LogP contribution in [0.25, 0.3) is 16.5 Å². The summed E-state index contributed by atoms with van der Waals surface area (Å²) in [6.45, 7) is 3.83. The van der Waals surface area contributed by atoms with E-state index in [1.807, 2.05) is 26.0 Å². The van der Waals surface area contributed by atoms with Gasteiger partial charge >= 0.3 is 0 Å². The monoisotopic (exact) mass is 411 g/mol. The molecular formula is C23H25NO6. The van der Waals surface area contributed by atoms with Crippen molar-refractivity contribution in [1.82, 2.24) is 0 Å². The van der Waals surface area contributed by atoms with E-state index < -0.39 is 0 Å². The van der Waals surface area contributed by atoms with Crippen LogP contribution in [0.3, 0.4) is 0 Å². The first kappa shape index (κ1) is 21.1. The molecule has 0 radical (unpaired) electrons. The lowest BCUT2D eigenvalue weighted by molar-refractivity contribution is -0.111. The summed E-state index contributed by atoms with van der Waals surface area (Å²) >= 11 is 0. The number of allylic oxidation sites excluding steroid dienone is 1. The smallest absolute Gasteiger partial charge is 0.248 e. The molecule has 3 aromatic rings. The second kappa shape index (κ2) is 8.82. The molecule has 0 fully saturated rings. The number of furan rings is 1. The van der Waals surface area contributed by atoms with E-state index in [-0.39, 0.29) is 5.91 Å². The molecule has 7 heteroatoms. The average molecular weight is 411 g/mol. The normalized spacial score (nSPS) is 11.3. The van der Waals surface area contributed by atoms with Gasteiger partial charge in [-0.2, -0.15) is 0 Å². The van der Waals surface area contributed by atoms with E-state index in [4.69, 9.17) is 23.4 Å². The van der Waals surface area contributed by atoms with Crippen LogP contribution < -0.4 is 24.3 Å². The number of ether oxygens (including phenoxy) is 4. The van der Waals surface area contributed by atoms with Crippen molar-refractivity contribution in [2.45, 2.75) is 13.8 Å². The minimum absolute atomic E-state index is 0.298. The van der Waals surface area contributed by atoms with E-state index in [1.54, 1.807) is 25.5 Å². The number of carbonyl (C=O) groups excluding carboxylic acids is 1. The molecule has 0 aliphatic rings. The van der Waals surface area contributed by atoms with E-state index in [0.717, 1.165) is 27.7 Å². The quantitative estimate of drug-likeness (QED) is 0.562. The molecule has 158 valence electrons. The van der Waals surface area contributed by atoms with E-state index in [1.165, 1.54) is 27.4 Å². The summed E-state index contributed by atoms with van der Waals surface area (Å²) in [7, 11) is 6.15. The van der Waals surface area contributed by atoms with Crippen LogP contribution in [0.15, 0.2) is 41.0 Å². The Balaban J connectivity index is 1.92. The number of hydrogen-bond acceptors (Lipinski definition) is 6. The molecule has 0 saturated heterocycles. The highest BCUT2D eigenvalue weighted by atomic mass is 16.5. The zero-order valence-electron chi connectivity index (χ0n) is 17.9. The molecule has 1 aromatic heterocycles. The Morgan fingerprint density at radius 2 is 1.57 bits per heavy atom. The van der Waals surface area contributed by atoms with Gasteiger partial charge in [0.2, 0.25) is 11.7 Å². The van der Waals surface area contributed by atoms with Crippen molar-refractivity contribution >= 4 is 28.1 Å². The Morgan fingerprint density at radius 1 is 0.933 bits per heavy atom. The largest absolute Gasteiger partial charge is 0.496 e. The van der Waals surface area contributed by atoms with Gasteiger partial charge in [-0.3, -0.25) is 4.79 Å². The van der Waals surface area contributed by atoms with Crippen LogP contribution in [0.4, 0.5) is 5.69 Å². The van der Waals surface area contributed by atoms with Crippen LogP contribution in [0, 0.1) is 6.92 Å². The Labute approximate surface area is 175 Å². The summed E-state index contributed by atoms with van der Waals surface area (Å²) in [5.41, 5.74) is 3.84. The summed E-state index contributed by atoms with van der Waals surface area (Å²) in [5, 5.41) is 3.81. The van der Waals surface area contributed by atoms with Crippen molar-refractivity contribution in [2.24, 2.45) is 0 Å². The van der Waals surface area contributed by atoms with Crippen LogP contribution in [0.2, 0.25) is 0 Å². The lowest BCUT2D eigenvalue weighted by Gasteiger charge is -2.14. The zero-order chi connectivity index (χ0) is 21.8. The van der Waals surface area contributed by atoms with E-state index in [0.29, 0.717) is 28.7 Å². The highest BCUT2D eigenvalue weighted by Gasteiger charge is 2.15. The Hall–Kier alpha value is -3.61. The molecule has 0 bridgehead atoms. The van der Waals surface area contributed by atoms with Crippen LogP contribution >= 0.6 is 0 Å². The van der Waals surface area contributed by atoms with Crippen molar-refractivity contribution in [3.05, 3.63) is 47.7 Å².